The summed E-state index contributed by atoms with van der Waals surface area (Å²) in [5.41, 5.74) is 1.70. The van der Waals surface area contributed by atoms with E-state index in [4.69, 9.17) is 25.9 Å². The van der Waals surface area contributed by atoms with Crippen molar-refractivity contribution in [1.82, 2.24) is 0 Å². The van der Waals surface area contributed by atoms with Crippen molar-refractivity contribution in [2.45, 2.75) is 19.4 Å². The van der Waals surface area contributed by atoms with Crippen molar-refractivity contribution in [3.05, 3.63) is 63.0 Å². The van der Waals surface area contributed by atoms with Crippen LogP contribution in [0, 0.1) is 0 Å². The number of carbonyl (C=O) groups is 1. The predicted octanol–water partition coefficient (Wildman–Crippen LogP) is 4.44. The summed E-state index contributed by atoms with van der Waals surface area (Å²) in [6.07, 6.45) is 0. The lowest BCUT2D eigenvalue weighted by molar-refractivity contribution is 0.0662. The van der Waals surface area contributed by atoms with Gasteiger partial charge in [0.15, 0.2) is 5.43 Å². The molecule has 0 saturated carbocycles. The van der Waals surface area contributed by atoms with E-state index in [9.17, 15) is 9.59 Å². The van der Waals surface area contributed by atoms with E-state index in [0.29, 0.717) is 16.2 Å². The summed E-state index contributed by atoms with van der Waals surface area (Å²) in [7, 11) is 0. The molecule has 1 N–H and O–H groups in total. The fourth-order valence-electron chi connectivity index (χ4n) is 3.16. The molecule has 2 aromatic carbocycles. The number of hydrogen-bond acceptors (Lipinski definition) is 4. The van der Waals surface area contributed by atoms with E-state index in [1.54, 1.807) is 18.2 Å². The van der Waals surface area contributed by atoms with E-state index < -0.39 is 22.8 Å². The van der Waals surface area contributed by atoms with Gasteiger partial charge in [0.25, 0.3) is 0 Å². The number of halogens is 1. The summed E-state index contributed by atoms with van der Waals surface area (Å²) in [5.74, 6) is -1.17. The van der Waals surface area contributed by atoms with Gasteiger partial charge in [0, 0.05) is 28.3 Å². The molecule has 25 heavy (non-hydrogen) atoms. The molecule has 6 heteroatoms. The minimum absolute atomic E-state index is 0.178. The Morgan fingerprint density at radius 1 is 1.12 bits per heavy atom. The summed E-state index contributed by atoms with van der Waals surface area (Å²) in [5, 5.41) is 9.97. The molecule has 0 bridgehead atoms. The Bertz CT molecular complexity index is 1110. The normalized spacial score (nSPS) is 14.5. The van der Waals surface area contributed by atoms with E-state index >= 15 is 0 Å². The molecule has 1 aliphatic heterocycles. The van der Waals surface area contributed by atoms with Gasteiger partial charge in [-0.05, 0) is 37.6 Å². The maximum Gasteiger partial charge on any atom is 0.371 e. The maximum atomic E-state index is 12.3. The lowest BCUT2D eigenvalue weighted by Gasteiger charge is -2.35. The van der Waals surface area contributed by atoms with E-state index in [1.165, 1.54) is 0 Å². The molecule has 5 nitrogen and oxygen atoms in total. The first kappa shape index (κ1) is 15.7. The van der Waals surface area contributed by atoms with Crippen LogP contribution in [0.25, 0.3) is 22.1 Å². The fourth-order valence-corrected chi connectivity index (χ4v) is 3.33. The minimum atomic E-state index is -1.29. The van der Waals surface area contributed by atoms with E-state index in [2.05, 4.69) is 0 Å². The summed E-state index contributed by atoms with van der Waals surface area (Å²) in [6.45, 7) is 3.83. The third-order valence-corrected chi connectivity index (χ3v) is 4.56. The largest absolute Gasteiger partial charge is 0.482 e. The van der Waals surface area contributed by atoms with Crippen LogP contribution in [-0.4, -0.2) is 11.1 Å². The Balaban J connectivity index is 2.06. The molecule has 0 fully saturated rings. The van der Waals surface area contributed by atoms with Crippen LogP contribution in [-0.2, 0) is 5.60 Å². The third-order valence-electron chi connectivity index (χ3n) is 4.33. The van der Waals surface area contributed by atoms with Gasteiger partial charge in [-0.2, -0.15) is 0 Å². The van der Waals surface area contributed by atoms with Crippen molar-refractivity contribution in [1.29, 1.82) is 0 Å². The van der Waals surface area contributed by atoms with Crippen LogP contribution in [0.1, 0.15) is 30.0 Å². The smallest absolute Gasteiger partial charge is 0.371 e. The summed E-state index contributed by atoms with van der Waals surface area (Å²) in [4.78, 5) is 23.4. The van der Waals surface area contributed by atoms with Gasteiger partial charge < -0.3 is 14.3 Å². The standard InChI is InChI=1S/C19H13ClO5/c1-19(2)13-5-9(20)3-4-10(13)11-6-12-14(21)7-17(18(22)23)24-15(12)8-16(11)25-19/h3-8H,1-2H3,(H,22,23). The second-order valence-corrected chi connectivity index (χ2v) is 6.86. The molecular formula is C19H13ClO5. The molecule has 1 aromatic heterocycles. The van der Waals surface area contributed by atoms with Gasteiger partial charge in [0.2, 0.25) is 5.76 Å². The van der Waals surface area contributed by atoms with Crippen molar-refractivity contribution in [3.63, 3.8) is 0 Å². The zero-order chi connectivity index (χ0) is 17.9. The van der Waals surface area contributed by atoms with E-state index in [-0.39, 0.29) is 5.58 Å². The fraction of sp³-hybridized carbons (Fsp3) is 0.158. The first-order chi connectivity index (χ1) is 11.8. The van der Waals surface area contributed by atoms with Crippen LogP contribution in [0.4, 0.5) is 0 Å². The second-order valence-electron chi connectivity index (χ2n) is 6.43. The average Bonchev–Trinajstić information content (AvgIpc) is 2.53. The Morgan fingerprint density at radius 2 is 1.88 bits per heavy atom. The van der Waals surface area contributed by atoms with Gasteiger partial charge in [-0.3, -0.25) is 4.79 Å². The number of fused-ring (bicyclic) bond motifs is 4. The van der Waals surface area contributed by atoms with Crippen LogP contribution in [0.2, 0.25) is 5.02 Å². The van der Waals surface area contributed by atoms with E-state index in [1.807, 2.05) is 26.0 Å². The van der Waals surface area contributed by atoms with Gasteiger partial charge >= 0.3 is 5.97 Å². The molecule has 0 atom stereocenters. The summed E-state index contributed by atoms with van der Waals surface area (Å²) < 4.78 is 11.4. The summed E-state index contributed by atoms with van der Waals surface area (Å²) in [6, 6.07) is 9.74. The molecule has 126 valence electrons. The quantitative estimate of drug-likeness (QED) is 0.697. The van der Waals surface area contributed by atoms with Gasteiger partial charge in [-0.1, -0.05) is 17.7 Å². The number of carboxylic acid groups (broad SMARTS) is 1. The van der Waals surface area contributed by atoms with Crippen molar-refractivity contribution >= 4 is 28.5 Å². The highest BCUT2D eigenvalue weighted by Crippen LogP contribution is 2.46. The van der Waals surface area contributed by atoms with Crippen LogP contribution in [0.3, 0.4) is 0 Å². The molecule has 0 saturated heterocycles. The van der Waals surface area contributed by atoms with Crippen LogP contribution in [0.15, 0.2) is 45.6 Å². The molecule has 4 rings (SSSR count). The van der Waals surface area contributed by atoms with Crippen LogP contribution >= 0.6 is 11.6 Å². The zero-order valence-corrected chi connectivity index (χ0v) is 14.2. The number of benzene rings is 2. The number of carboxylic acids is 1. The number of ether oxygens (including phenoxy) is 1. The SMILES string of the molecule is CC1(C)Oc2cc3oc(C(=O)O)cc(=O)c3cc2-c2ccc(Cl)cc21. The molecule has 0 radical (unpaired) electrons. The number of hydrogen-bond donors (Lipinski definition) is 1. The zero-order valence-electron chi connectivity index (χ0n) is 13.4. The third kappa shape index (κ3) is 2.39. The Kier molecular flexibility index (Phi) is 3.21. The molecule has 0 spiro atoms. The van der Waals surface area contributed by atoms with Gasteiger partial charge in [0.1, 0.15) is 16.9 Å². The van der Waals surface area contributed by atoms with Crippen molar-refractivity contribution < 1.29 is 19.1 Å². The van der Waals surface area contributed by atoms with Crippen molar-refractivity contribution in [3.8, 4) is 16.9 Å². The van der Waals surface area contributed by atoms with Gasteiger partial charge in [0.05, 0.1) is 5.39 Å². The molecule has 0 aliphatic carbocycles. The number of rotatable bonds is 1. The van der Waals surface area contributed by atoms with Crippen LogP contribution in [0.5, 0.6) is 5.75 Å². The molecule has 2 heterocycles. The predicted molar refractivity (Wildman–Crippen MR) is 93.5 cm³/mol. The molecule has 0 amide bonds. The lowest BCUT2D eigenvalue weighted by atomic mass is 9.86. The summed E-state index contributed by atoms with van der Waals surface area (Å²) >= 11 is 6.12. The van der Waals surface area contributed by atoms with Gasteiger partial charge in [-0.15, -0.1) is 0 Å². The second kappa shape index (κ2) is 5.10. The highest BCUT2D eigenvalue weighted by Gasteiger charge is 2.33. The lowest BCUT2D eigenvalue weighted by Crippen LogP contribution is -2.29. The first-order valence-corrected chi connectivity index (χ1v) is 7.99. The Hall–Kier alpha value is -2.79. The van der Waals surface area contributed by atoms with Crippen molar-refractivity contribution in [2.75, 3.05) is 0 Å². The van der Waals surface area contributed by atoms with Gasteiger partial charge in [-0.25, -0.2) is 4.79 Å². The molecular weight excluding hydrogens is 344 g/mol. The van der Waals surface area contributed by atoms with Crippen LogP contribution < -0.4 is 10.2 Å². The molecule has 0 unspecified atom stereocenters. The maximum absolute atomic E-state index is 12.3. The van der Waals surface area contributed by atoms with E-state index in [0.717, 1.165) is 22.8 Å². The molecule has 1 aliphatic rings. The first-order valence-electron chi connectivity index (χ1n) is 7.61. The monoisotopic (exact) mass is 356 g/mol. The number of aromatic carboxylic acids is 1. The molecule has 3 aromatic rings. The highest BCUT2D eigenvalue weighted by molar-refractivity contribution is 6.30. The minimum Gasteiger partial charge on any atom is -0.482 e. The highest BCUT2D eigenvalue weighted by atomic mass is 35.5. The van der Waals surface area contributed by atoms with Crippen molar-refractivity contribution in [2.24, 2.45) is 0 Å². The Labute approximate surface area is 147 Å². The average molecular weight is 357 g/mol. The Morgan fingerprint density at radius 3 is 2.60 bits per heavy atom. The topological polar surface area (TPSA) is 76.7 Å².